The Morgan fingerprint density at radius 1 is 1.29 bits per heavy atom. The number of benzene rings is 1. The van der Waals surface area contributed by atoms with Crippen LogP contribution in [-0.4, -0.2) is 35.5 Å². The number of thioether (sulfide) groups is 1. The van der Waals surface area contributed by atoms with Crippen LogP contribution in [-0.2, 0) is 25.7 Å². The first-order chi connectivity index (χ1) is 14.8. The van der Waals surface area contributed by atoms with Crippen molar-refractivity contribution in [2.45, 2.75) is 25.7 Å². The van der Waals surface area contributed by atoms with Gasteiger partial charge in [-0.25, -0.2) is 9.18 Å². The van der Waals surface area contributed by atoms with E-state index < -0.39 is 23.0 Å². The first-order valence-electron chi connectivity index (χ1n) is 9.08. The third-order valence-corrected chi connectivity index (χ3v) is 6.05. The molecule has 0 bridgehead atoms. The molecule has 8 nitrogen and oxygen atoms in total. The summed E-state index contributed by atoms with van der Waals surface area (Å²) in [6, 6.07) is 7.20. The summed E-state index contributed by atoms with van der Waals surface area (Å²) in [6.45, 7) is 3.03. The van der Waals surface area contributed by atoms with Crippen LogP contribution in [0.2, 0.25) is 0 Å². The molecule has 1 aromatic heterocycles. The summed E-state index contributed by atoms with van der Waals surface area (Å²) in [5.41, 5.74) is 6.49. The third-order valence-electron chi connectivity index (χ3n) is 3.89. The number of nitrogens with one attached hydrogen (secondary N) is 1. The number of nitrogens with zero attached hydrogens (tertiary/aromatic N) is 1. The van der Waals surface area contributed by atoms with Crippen LogP contribution in [0, 0.1) is 17.1 Å². The average molecular weight is 466 g/mol. The van der Waals surface area contributed by atoms with Crippen molar-refractivity contribution >= 4 is 51.6 Å². The number of hydrogen-bond donors (Lipinski definition) is 2. The van der Waals surface area contributed by atoms with Gasteiger partial charge in [0.05, 0.1) is 17.9 Å². The highest BCUT2D eigenvalue weighted by Crippen LogP contribution is 2.32. The second-order valence-corrected chi connectivity index (χ2v) is 8.48. The van der Waals surface area contributed by atoms with E-state index in [1.807, 2.05) is 6.07 Å². The number of amides is 1. The average Bonchev–Trinajstić information content (AvgIpc) is 3.07. The Kier molecular flexibility index (Phi) is 8.84. The second-order valence-electron chi connectivity index (χ2n) is 6.10. The fourth-order valence-corrected chi connectivity index (χ4v) is 3.96. The molecular formula is C20H20FN3O5S2. The third kappa shape index (κ3) is 6.70. The summed E-state index contributed by atoms with van der Waals surface area (Å²) in [7, 11) is 0. The Hall–Kier alpha value is -3.10. The number of anilines is 2. The maximum Gasteiger partial charge on any atom is 0.348 e. The summed E-state index contributed by atoms with van der Waals surface area (Å²) in [5.74, 6) is -2.08. The van der Waals surface area contributed by atoms with Gasteiger partial charge in [-0.2, -0.15) is 5.26 Å². The molecule has 2 rings (SSSR count). The molecule has 11 heteroatoms. The van der Waals surface area contributed by atoms with Crippen LogP contribution in [0.5, 0.6) is 0 Å². The van der Waals surface area contributed by atoms with Crippen molar-refractivity contribution in [1.29, 1.82) is 5.26 Å². The number of hydrogen-bond acceptors (Lipinski definition) is 9. The van der Waals surface area contributed by atoms with Gasteiger partial charge in [0, 0.05) is 11.3 Å². The molecule has 0 saturated carbocycles. The Balaban J connectivity index is 1.92. The number of thiophene rings is 1. The van der Waals surface area contributed by atoms with E-state index >= 15 is 0 Å². The van der Waals surface area contributed by atoms with Crippen LogP contribution < -0.4 is 11.1 Å². The number of rotatable bonds is 9. The summed E-state index contributed by atoms with van der Waals surface area (Å²) in [5, 5.41) is 11.3. The number of esters is 2. The first-order valence-corrected chi connectivity index (χ1v) is 10.9. The summed E-state index contributed by atoms with van der Waals surface area (Å²) >= 11 is 1.94. The zero-order chi connectivity index (χ0) is 23.0. The van der Waals surface area contributed by atoms with E-state index in [2.05, 4.69) is 5.32 Å². The van der Waals surface area contributed by atoms with Gasteiger partial charge in [-0.05, 0) is 38.1 Å². The monoisotopic (exact) mass is 465 g/mol. The molecule has 1 amide bonds. The lowest BCUT2D eigenvalue weighted by atomic mass is 10.1. The molecule has 1 heterocycles. The molecule has 3 N–H and O–H groups in total. The van der Waals surface area contributed by atoms with Crippen LogP contribution in [0.3, 0.4) is 0 Å². The highest BCUT2D eigenvalue weighted by atomic mass is 32.2. The molecule has 0 aliphatic rings. The van der Waals surface area contributed by atoms with Gasteiger partial charge >= 0.3 is 11.9 Å². The van der Waals surface area contributed by atoms with Crippen molar-refractivity contribution in [2.75, 3.05) is 23.4 Å². The van der Waals surface area contributed by atoms with E-state index in [1.54, 1.807) is 13.8 Å². The second kappa shape index (κ2) is 11.3. The van der Waals surface area contributed by atoms with Gasteiger partial charge in [0.1, 0.15) is 33.6 Å². The molecule has 1 aromatic carbocycles. The predicted octanol–water partition coefficient (Wildman–Crippen LogP) is 3.32. The van der Waals surface area contributed by atoms with E-state index in [0.29, 0.717) is 5.69 Å². The number of ether oxygens (including phenoxy) is 2. The Morgan fingerprint density at radius 3 is 2.58 bits per heavy atom. The van der Waals surface area contributed by atoms with Crippen LogP contribution in [0.25, 0.3) is 0 Å². The van der Waals surface area contributed by atoms with Crippen molar-refractivity contribution in [3.8, 4) is 6.07 Å². The minimum atomic E-state index is -0.688. The van der Waals surface area contributed by atoms with E-state index in [1.165, 1.54) is 24.3 Å². The molecule has 2 aromatic rings. The van der Waals surface area contributed by atoms with Gasteiger partial charge in [-0.15, -0.1) is 23.1 Å². The van der Waals surface area contributed by atoms with Gasteiger partial charge in [0.2, 0.25) is 5.91 Å². The quantitative estimate of drug-likeness (QED) is 0.539. The Morgan fingerprint density at radius 2 is 1.97 bits per heavy atom. The number of halogens is 1. The number of nitrogens with two attached hydrogens (primary N) is 1. The molecule has 0 aliphatic carbocycles. The minimum Gasteiger partial charge on any atom is -0.462 e. The molecule has 0 radical (unpaired) electrons. The molecule has 31 heavy (non-hydrogen) atoms. The van der Waals surface area contributed by atoms with Crippen molar-refractivity contribution in [2.24, 2.45) is 0 Å². The van der Waals surface area contributed by atoms with Crippen molar-refractivity contribution in [3.63, 3.8) is 0 Å². The lowest BCUT2D eigenvalue weighted by Crippen LogP contribution is -2.21. The highest BCUT2D eigenvalue weighted by Gasteiger charge is 2.25. The molecule has 0 spiro atoms. The molecular weight excluding hydrogens is 445 g/mol. The highest BCUT2D eigenvalue weighted by molar-refractivity contribution is 8.01. The standard InChI is InChI=1S/C20H20FN3O5S2/c1-3-28-20(27)17-15(14(8-22)18(23)31-17)9-29-19(26)11(2)30-10-16(25)24-13-6-4-12(21)5-7-13/h4-7,11H,3,9-10,23H2,1-2H3,(H,24,25). The smallest absolute Gasteiger partial charge is 0.348 e. The fourth-order valence-electron chi connectivity index (χ4n) is 2.37. The van der Waals surface area contributed by atoms with Crippen LogP contribution in [0.1, 0.15) is 34.6 Å². The van der Waals surface area contributed by atoms with Crippen molar-refractivity contribution in [3.05, 3.63) is 46.1 Å². The van der Waals surface area contributed by atoms with Crippen LogP contribution in [0.15, 0.2) is 24.3 Å². The van der Waals surface area contributed by atoms with Crippen LogP contribution in [0.4, 0.5) is 15.1 Å². The molecule has 0 saturated heterocycles. The van der Waals surface area contributed by atoms with E-state index in [0.717, 1.165) is 23.1 Å². The SMILES string of the molecule is CCOC(=O)c1sc(N)c(C#N)c1COC(=O)C(C)SCC(=O)Nc1ccc(F)cc1. The fraction of sp³-hybridized carbons (Fsp3) is 0.300. The van der Waals surface area contributed by atoms with Crippen molar-refractivity contribution in [1.82, 2.24) is 0 Å². The zero-order valence-electron chi connectivity index (χ0n) is 16.8. The summed E-state index contributed by atoms with van der Waals surface area (Å²) in [4.78, 5) is 36.5. The molecule has 1 atom stereocenters. The Labute approximate surface area is 186 Å². The van der Waals surface area contributed by atoms with Gasteiger partial charge in [-0.1, -0.05) is 0 Å². The number of carbonyl (C=O) groups is 3. The number of nitrogen functional groups attached to an aromatic ring is 1. The zero-order valence-corrected chi connectivity index (χ0v) is 18.4. The van der Waals surface area contributed by atoms with Gasteiger partial charge in [-0.3, -0.25) is 9.59 Å². The maximum atomic E-state index is 12.9. The molecule has 1 unspecified atom stereocenters. The normalized spacial score (nSPS) is 11.3. The van der Waals surface area contributed by atoms with Crippen LogP contribution >= 0.6 is 23.1 Å². The minimum absolute atomic E-state index is 0.0312. The van der Waals surface area contributed by atoms with E-state index in [-0.39, 0.29) is 45.9 Å². The number of carbonyl (C=O) groups excluding carboxylic acids is 3. The molecule has 0 fully saturated rings. The lowest BCUT2D eigenvalue weighted by Gasteiger charge is -2.12. The topological polar surface area (TPSA) is 132 Å². The lowest BCUT2D eigenvalue weighted by molar-refractivity contribution is -0.143. The Bertz CT molecular complexity index is 1000. The summed E-state index contributed by atoms with van der Waals surface area (Å²) < 4.78 is 23.1. The molecule has 0 aliphatic heterocycles. The van der Waals surface area contributed by atoms with E-state index in [9.17, 15) is 24.0 Å². The maximum absolute atomic E-state index is 12.9. The number of nitriles is 1. The van der Waals surface area contributed by atoms with Gasteiger partial charge in [0.15, 0.2) is 0 Å². The largest absolute Gasteiger partial charge is 0.462 e. The van der Waals surface area contributed by atoms with Crippen molar-refractivity contribution < 1.29 is 28.2 Å². The van der Waals surface area contributed by atoms with Gasteiger partial charge in [0.25, 0.3) is 0 Å². The van der Waals surface area contributed by atoms with Gasteiger partial charge < -0.3 is 20.5 Å². The summed E-state index contributed by atoms with van der Waals surface area (Å²) in [6.07, 6.45) is 0. The first kappa shape index (κ1) is 24.2. The predicted molar refractivity (Wildman–Crippen MR) is 116 cm³/mol. The van der Waals surface area contributed by atoms with E-state index in [4.69, 9.17) is 15.2 Å². The molecule has 164 valence electrons.